The number of sulfone groups is 2. The molecule has 6 atom stereocenters. The molecule has 0 aliphatic carbocycles. The van der Waals surface area contributed by atoms with Crippen molar-refractivity contribution >= 4 is 162 Å². The van der Waals surface area contributed by atoms with E-state index in [1.54, 1.807) is 62.4 Å². The number of unbranched alkanes of at least 4 members (excludes halogenated alkanes) is 7. The molecular weight excluding hydrogens is 1760 g/mol. The van der Waals surface area contributed by atoms with Crippen LogP contribution in [-0.4, -0.2) is 197 Å². The number of nitrogens with zero attached hydrogens (tertiary/aromatic N) is 21. The first kappa shape index (κ1) is 105. The van der Waals surface area contributed by atoms with Gasteiger partial charge in [-0.25, -0.2) is 56.7 Å². The molecule has 0 spiro atoms. The number of ketones is 1. The Hall–Kier alpha value is -13.6. The van der Waals surface area contributed by atoms with Crippen LogP contribution in [0.3, 0.4) is 0 Å². The summed E-state index contributed by atoms with van der Waals surface area (Å²) in [5.41, 5.74) is 42.7. The van der Waals surface area contributed by atoms with Gasteiger partial charge in [0.25, 0.3) is 0 Å². The van der Waals surface area contributed by atoms with Crippen molar-refractivity contribution in [3.05, 3.63) is 140 Å². The van der Waals surface area contributed by atoms with Crippen LogP contribution in [0, 0.1) is 0 Å². The van der Waals surface area contributed by atoms with Crippen LogP contribution in [-0.2, 0) is 24.5 Å². The molecule has 0 aromatic carbocycles. The van der Waals surface area contributed by atoms with Crippen molar-refractivity contribution in [3.63, 3.8) is 0 Å². The highest BCUT2D eigenvalue weighted by Crippen LogP contribution is 2.33. The van der Waals surface area contributed by atoms with Crippen molar-refractivity contribution < 1.29 is 26.7 Å². The number of nitrogens with two attached hydrogens (primary N) is 6. The molecule has 0 aliphatic rings. The summed E-state index contributed by atoms with van der Waals surface area (Å²) in [6.07, 6.45) is 41.5. The van der Waals surface area contributed by atoms with Gasteiger partial charge in [-0.15, -0.1) is 0 Å². The molecule has 0 amide bonds. The minimum Gasteiger partial charge on any atom is -0.396 e. The quantitative estimate of drug-likeness (QED) is 0.0158. The predicted molar refractivity (Wildman–Crippen MR) is 539 cm³/mol. The van der Waals surface area contributed by atoms with E-state index >= 15 is 0 Å². The third kappa shape index (κ3) is 35.1. The maximum Gasteiger partial charge on any atom is 0.222 e. The lowest BCUT2D eigenvalue weighted by atomic mass is 9.92. The number of hydrogen-bond donors (Lipinski definition) is 15. The molecule has 14 heterocycles. The number of anilines is 12. The second kappa shape index (κ2) is 53.9. The van der Waals surface area contributed by atoms with E-state index in [0.717, 1.165) is 175 Å². The lowest BCUT2D eigenvalue weighted by Gasteiger charge is -2.31. The molecule has 41 nitrogen and oxygen atoms in total. The van der Waals surface area contributed by atoms with Crippen molar-refractivity contribution in [3.8, 4) is 0 Å². The van der Waals surface area contributed by atoms with Gasteiger partial charge in [0.15, 0.2) is 34.9 Å². The molecule has 43 heteroatoms. The fourth-order valence-corrected chi connectivity index (χ4v) is 16.1. The number of aromatic amines is 2. The van der Waals surface area contributed by atoms with E-state index in [1.165, 1.54) is 18.8 Å². The summed E-state index contributed by atoms with van der Waals surface area (Å²) in [6.45, 7) is 16.7. The van der Waals surface area contributed by atoms with E-state index in [2.05, 4.69) is 188 Å². The van der Waals surface area contributed by atoms with E-state index in [0.29, 0.717) is 104 Å². The van der Waals surface area contributed by atoms with Gasteiger partial charge in [-0.05, 0) is 164 Å². The molecule has 14 aromatic rings. The standard InChI is InChI=1S/C16H25N5O2S.C16H23N5O.C16H25N5O.C15H19N7.C15H23N5O2S.C14H18N8/c1-4-5-8-16(2,9-11-24(3,22)23)21-14-13-12(7-6-10-18-13)19-15(17)20-14;1-3-4-6-12(9-8-11(2)22)19-15-14-13(7-5-10-18-14)20-16(17)21-15;1-2-3-7-12(8-4-5-11-22)19-15-14-13(9-6-10-18-14)20-16(17)21-15;1-2-3-5-11(13-18-8-9-19-13)20-14-12-10(6-4-7-17-12)21-15(16)22-14;1-3-4-6-11(8-10-23(2,21)22)18-14-13-12(7-5-9-17-13)19-15(16)20-14;1-2-3-5-10(12-17-8-18-22-12)19-13-11-9(6-4-7-16-11)20-14(15)21-13/h6-7,10H,4-5,8-9,11H2,1-3H3,(H3,17,19,20,21);5,7,10,12H,3-4,6,8-9H2,1-2H3,(H3,17,19,20,21);6,9-10,12,22H,2-5,7-8,11H2,1H3,(H3,17,19,20,21);4,6-9,11H,2-3,5H2,1H3,(H,18,19)(H3,16,20,21,22);5,7,9,11H,3-4,6,8,10H2,1-2H3,(H3,16,18,19,20);4,6-8,10H,2-3,5H2,1H3,(H,17,18,22)(H3,15,19,20,21)/t16-;2*12-;2*11-;10-/m011111/s1. The van der Waals surface area contributed by atoms with Crippen LogP contribution in [0.5, 0.6) is 0 Å². The van der Waals surface area contributed by atoms with Crippen LogP contribution in [0.2, 0.25) is 0 Å². The minimum atomic E-state index is -3.04. The molecule has 21 N–H and O–H groups in total. The van der Waals surface area contributed by atoms with Crippen molar-refractivity contribution in [1.29, 1.82) is 0 Å². The number of hydrogen-bond acceptors (Lipinski definition) is 39. The Bertz CT molecular complexity index is 6090. The average Bonchev–Trinajstić information content (AvgIpc) is 1.80. The predicted octanol–water partition coefficient (Wildman–Crippen LogP) is 14.8. The molecule has 0 radical (unpaired) electrons. The maximum atomic E-state index is 11.6. The highest BCUT2D eigenvalue weighted by atomic mass is 32.2. The zero-order chi connectivity index (χ0) is 97.1. The van der Waals surface area contributed by atoms with E-state index in [4.69, 9.17) is 39.5 Å². The Morgan fingerprint density at radius 1 is 0.378 bits per heavy atom. The second-order valence-corrected chi connectivity index (χ2v) is 37.9. The number of nitrogen functional groups attached to an aromatic ring is 6. The highest BCUT2D eigenvalue weighted by molar-refractivity contribution is 7.90. The summed E-state index contributed by atoms with van der Waals surface area (Å²) in [7, 11) is -6.04. The van der Waals surface area contributed by atoms with Crippen LogP contribution in [0.4, 0.5) is 70.6 Å². The molecule has 135 heavy (non-hydrogen) atoms. The Labute approximate surface area is 788 Å². The second-order valence-electron chi connectivity index (χ2n) is 33.3. The maximum absolute atomic E-state index is 11.6. The number of pyridine rings is 6. The number of aromatic nitrogens is 23. The molecule has 14 aromatic heterocycles. The zero-order valence-corrected chi connectivity index (χ0v) is 80.6. The van der Waals surface area contributed by atoms with Crippen LogP contribution < -0.4 is 66.3 Å². The summed E-state index contributed by atoms with van der Waals surface area (Å²) in [4.78, 5) is 99.9. The van der Waals surface area contributed by atoms with Crippen molar-refractivity contribution in [1.82, 2.24) is 115 Å². The van der Waals surface area contributed by atoms with Gasteiger partial charge in [0, 0.05) is 98.8 Å². The number of nitrogens with one attached hydrogen (secondary N) is 8. The molecule has 0 saturated heterocycles. The molecular formula is C92H133N35O6S2. The fraction of sp³-hybridized carbons (Fsp3) is 0.478. The number of fused-ring (bicyclic) bond motifs is 6. The molecule has 0 saturated carbocycles. The number of carbonyl (C=O) groups excluding carboxylic acids is 1. The monoisotopic (exact) mass is 1890 g/mol. The number of aliphatic hydroxyl groups excluding tert-OH is 1. The first-order valence-electron chi connectivity index (χ1n) is 46.2. The highest BCUT2D eigenvalue weighted by Gasteiger charge is 2.29. The van der Waals surface area contributed by atoms with Crippen molar-refractivity contribution in [2.45, 2.75) is 252 Å². The van der Waals surface area contributed by atoms with Gasteiger partial charge in [0.1, 0.15) is 76.5 Å². The number of imidazole rings is 1. The van der Waals surface area contributed by atoms with Crippen LogP contribution in [0.1, 0.15) is 240 Å². The molecule has 0 fully saturated rings. The average molecular weight is 1890 g/mol. The Morgan fingerprint density at radius 3 is 1.03 bits per heavy atom. The Morgan fingerprint density at radius 2 is 0.704 bits per heavy atom. The molecule has 0 unspecified atom stereocenters. The summed E-state index contributed by atoms with van der Waals surface area (Å²) < 4.78 is 46.1. The van der Waals surface area contributed by atoms with Gasteiger partial charge in [-0.2, -0.15) is 35.0 Å². The van der Waals surface area contributed by atoms with E-state index in [-0.39, 0.29) is 83.8 Å². The normalized spacial score (nSPS) is 12.9. The van der Waals surface area contributed by atoms with Crippen LogP contribution in [0.15, 0.2) is 129 Å². The number of rotatable bonds is 45. The fourth-order valence-electron chi connectivity index (χ4n) is 14.6. The Balaban J connectivity index is 0.000000182. The zero-order valence-electron chi connectivity index (χ0n) is 79.0. The summed E-state index contributed by atoms with van der Waals surface area (Å²) in [6, 6.07) is 22.5. The first-order chi connectivity index (χ1) is 65.0. The summed E-state index contributed by atoms with van der Waals surface area (Å²) in [5.74, 6) is 7.09. The number of Topliss-reactive ketones (excluding diaryl/α,β-unsaturated/α-hetero) is 1. The van der Waals surface area contributed by atoms with E-state index in [9.17, 15) is 21.6 Å². The number of aliphatic hydroxyl groups is 1. The smallest absolute Gasteiger partial charge is 0.222 e. The molecule has 724 valence electrons. The molecule has 0 bridgehead atoms. The van der Waals surface area contributed by atoms with Gasteiger partial charge < -0.3 is 81.2 Å². The van der Waals surface area contributed by atoms with Gasteiger partial charge in [0.05, 0.1) is 56.7 Å². The largest absolute Gasteiger partial charge is 0.396 e. The van der Waals surface area contributed by atoms with E-state index < -0.39 is 25.2 Å². The number of H-pyrrole nitrogens is 2. The number of carbonyl (C=O) groups is 1. The van der Waals surface area contributed by atoms with Crippen molar-refractivity contribution in [2.24, 2.45) is 0 Å². The van der Waals surface area contributed by atoms with Gasteiger partial charge in [-0.1, -0.05) is 119 Å². The molecule has 14 rings (SSSR count). The van der Waals surface area contributed by atoms with Gasteiger partial charge >= 0.3 is 0 Å². The lowest BCUT2D eigenvalue weighted by molar-refractivity contribution is -0.117. The third-order valence-corrected chi connectivity index (χ3v) is 23.6. The minimum absolute atomic E-state index is 0.00387. The third-order valence-electron chi connectivity index (χ3n) is 21.7. The Kier molecular flexibility index (Phi) is 42.0. The topological polar surface area (TPSA) is 636 Å². The lowest BCUT2D eigenvalue weighted by Crippen LogP contribution is -2.37. The van der Waals surface area contributed by atoms with E-state index in [1.807, 2.05) is 73.8 Å². The van der Waals surface area contributed by atoms with Crippen LogP contribution >= 0.6 is 0 Å². The SMILES string of the molecule is CCCC[C@@H](Nc1nc(N)nc2cccnc12)c1ncc[nH]1.CCCC[C@@H](Nc1nc(N)nc2cccnc12)c1ncn[nH]1.CCCC[C@@](C)(CCS(C)(=O)=O)Nc1nc(N)nc2cccnc12.CCCC[C@H](CCC(C)=O)Nc1nc(N)nc2cccnc12.CCCC[C@H](CCCCO)Nc1nc(N)nc2cccnc12.CCCC[C@H](CCS(C)(=O)=O)Nc1nc(N)nc2cccnc12. The summed E-state index contributed by atoms with van der Waals surface area (Å²) in [5, 5.41) is 36.2. The molecule has 0 aliphatic heterocycles. The van der Waals surface area contributed by atoms with Crippen LogP contribution in [0.25, 0.3) is 66.2 Å². The van der Waals surface area contributed by atoms with Gasteiger partial charge in [-0.3, -0.25) is 35.0 Å². The van der Waals surface area contributed by atoms with Gasteiger partial charge in [0.2, 0.25) is 35.7 Å². The summed E-state index contributed by atoms with van der Waals surface area (Å²) >= 11 is 0. The first-order valence-corrected chi connectivity index (χ1v) is 50.3. The van der Waals surface area contributed by atoms with Crippen molar-refractivity contribution in [2.75, 3.05) is 96.9 Å².